The van der Waals surface area contributed by atoms with E-state index < -0.39 is 0 Å². The van der Waals surface area contributed by atoms with Gasteiger partial charge in [0.05, 0.1) is 17.2 Å². The second-order valence-electron chi connectivity index (χ2n) is 4.37. The number of ether oxygens (including phenoxy) is 1. The van der Waals surface area contributed by atoms with Crippen LogP contribution in [0.2, 0.25) is 0 Å². The van der Waals surface area contributed by atoms with E-state index >= 15 is 0 Å². The van der Waals surface area contributed by atoms with E-state index in [2.05, 4.69) is 19.9 Å². The van der Waals surface area contributed by atoms with Crippen molar-refractivity contribution in [1.29, 1.82) is 0 Å². The molecule has 0 unspecified atom stereocenters. The Morgan fingerprint density at radius 2 is 2.00 bits per heavy atom. The van der Waals surface area contributed by atoms with Gasteiger partial charge in [-0.1, -0.05) is 0 Å². The maximum absolute atomic E-state index is 11.8. The van der Waals surface area contributed by atoms with Gasteiger partial charge < -0.3 is 10.5 Å². The van der Waals surface area contributed by atoms with Crippen molar-refractivity contribution in [2.45, 2.75) is 27.7 Å². The van der Waals surface area contributed by atoms with Gasteiger partial charge in [0, 0.05) is 9.75 Å². The molecule has 19 heavy (non-hydrogen) atoms. The highest BCUT2D eigenvalue weighted by Gasteiger charge is 2.21. The van der Waals surface area contributed by atoms with Crippen LogP contribution in [-0.2, 0) is 4.74 Å². The predicted molar refractivity (Wildman–Crippen MR) is 82.2 cm³/mol. The molecule has 0 bridgehead atoms. The number of aryl methyl sites for hydroxylation is 2. The Kier molecular flexibility index (Phi) is 3.96. The van der Waals surface area contributed by atoms with E-state index in [-0.39, 0.29) is 5.97 Å². The molecule has 3 nitrogen and oxygen atoms in total. The van der Waals surface area contributed by atoms with Crippen LogP contribution in [0.15, 0.2) is 6.07 Å². The van der Waals surface area contributed by atoms with Crippen molar-refractivity contribution in [1.82, 2.24) is 0 Å². The molecule has 0 amide bonds. The van der Waals surface area contributed by atoms with Crippen LogP contribution in [0.5, 0.6) is 0 Å². The van der Waals surface area contributed by atoms with Crippen molar-refractivity contribution >= 4 is 34.3 Å². The van der Waals surface area contributed by atoms with Crippen LogP contribution in [0.4, 0.5) is 5.69 Å². The normalized spacial score (nSPS) is 10.7. The number of carbonyl (C=O) groups is 1. The molecule has 0 saturated carbocycles. The first-order chi connectivity index (χ1) is 8.95. The molecule has 2 aromatic heterocycles. The second kappa shape index (κ2) is 5.35. The minimum absolute atomic E-state index is 0.329. The number of rotatable bonds is 3. The summed E-state index contributed by atoms with van der Waals surface area (Å²) in [6, 6.07) is 2.15. The Labute approximate surface area is 121 Å². The molecule has 0 aromatic carbocycles. The fraction of sp³-hybridized carbons (Fsp3) is 0.357. The number of nitrogen functional groups attached to an aromatic ring is 1. The first kappa shape index (κ1) is 14.1. The second-order valence-corrected chi connectivity index (χ2v) is 6.65. The topological polar surface area (TPSA) is 52.3 Å². The molecular formula is C14H17NO2S2. The van der Waals surface area contributed by atoms with Gasteiger partial charge >= 0.3 is 5.97 Å². The maximum Gasteiger partial charge on any atom is 0.350 e. The number of hydrogen-bond acceptors (Lipinski definition) is 5. The monoisotopic (exact) mass is 295 g/mol. The van der Waals surface area contributed by atoms with E-state index in [4.69, 9.17) is 10.5 Å². The summed E-state index contributed by atoms with van der Waals surface area (Å²) >= 11 is 3.15. The van der Waals surface area contributed by atoms with E-state index in [0.29, 0.717) is 17.2 Å². The summed E-state index contributed by atoms with van der Waals surface area (Å²) in [7, 11) is 0. The Morgan fingerprint density at radius 1 is 1.32 bits per heavy atom. The van der Waals surface area contributed by atoms with Crippen LogP contribution in [0.3, 0.4) is 0 Å². The Morgan fingerprint density at radius 3 is 2.53 bits per heavy atom. The summed E-state index contributed by atoms with van der Waals surface area (Å²) < 4.78 is 5.04. The lowest BCUT2D eigenvalue weighted by atomic mass is 10.2. The van der Waals surface area contributed by atoms with Gasteiger partial charge in [0.2, 0.25) is 0 Å². The fourth-order valence-corrected chi connectivity index (χ4v) is 4.11. The van der Waals surface area contributed by atoms with Crippen LogP contribution >= 0.6 is 22.7 Å². The number of hydrogen-bond donors (Lipinski definition) is 1. The largest absolute Gasteiger partial charge is 0.462 e. The van der Waals surface area contributed by atoms with E-state index in [0.717, 1.165) is 10.4 Å². The highest BCUT2D eigenvalue weighted by atomic mass is 32.1. The maximum atomic E-state index is 11.8. The van der Waals surface area contributed by atoms with Gasteiger partial charge in [-0.3, -0.25) is 0 Å². The molecule has 2 heterocycles. The molecule has 0 aliphatic rings. The lowest BCUT2D eigenvalue weighted by Crippen LogP contribution is -2.05. The minimum atomic E-state index is -0.329. The van der Waals surface area contributed by atoms with Crippen LogP contribution < -0.4 is 5.73 Å². The zero-order valence-electron chi connectivity index (χ0n) is 11.5. The smallest absolute Gasteiger partial charge is 0.350 e. The molecule has 0 radical (unpaired) electrons. The molecule has 0 saturated heterocycles. The van der Waals surface area contributed by atoms with Crippen LogP contribution in [-0.4, -0.2) is 12.6 Å². The first-order valence-electron chi connectivity index (χ1n) is 6.09. The Bertz CT molecular complexity index is 606. The van der Waals surface area contributed by atoms with E-state index in [1.807, 2.05) is 6.92 Å². The lowest BCUT2D eigenvalue weighted by Gasteiger charge is -1.99. The van der Waals surface area contributed by atoms with E-state index in [9.17, 15) is 4.79 Å². The Hall–Kier alpha value is -1.33. The Balaban J connectivity index is 2.48. The SMILES string of the molecule is CCOC(=O)c1sc(-c2cc(C)c(C)s2)c(C)c1N. The van der Waals surface area contributed by atoms with Crippen LogP contribution in [0.25, 0.3) is 9.75 Å². The van der Waals surface area contributed by atoms with Gasteiger partial charge in [-0.2, -0.15) is 0 Å². The van der Waals surface area contributed by atoms with Gasteiger partial charge in [-0.15, -0.1) is 22.7 Å². The standard InChI is InChI=1S/C14H17NO2S2/c1-5-17-14(16)13-11(15)8(3)12(19-13)10-6-7(2)9(4)18-10/h6H,5,15H2,1-4H3. The van der Waals surface area contributed by atoms with Crippen LogP contribution in [0, 0.1) is 20.8 Å². The molecule has 0 fully saturated rings. The van der Waals surface area contributed by atoms with Gasteiger partial charge in [-0.25, -0.2) is 4.79 Å². The van der Waals surface area contributed by atoms with E-state index in [1.54, 1.807) is 18.3 Å². The van der Waals surface area contributed by atoms with Gasteiger partial charge in [-0.05, 0) is 44.9 Å². The van der Waals surface area contributed by atoms with Crippen molar-refractivity contribution < 1.29 is 9.53 Å². The summed E-state index contributed by atoms with van der Waals surface area (Å²) in [6.07, 6.45) is 0. The fourth-order valence-electron chi connectivity index (χ4n) is 1.79. The average Bonchev–Trinajstić information content (AvgIpc) is 2.83. The molecule has 2 N–H and O–H groups in total. The summed E-state index contributed by atoms with van der Waals surface area (Å²) in [5.74, 6) is -0.329. The molecule has 0 aliphatic heterocycles. The number of nitrogens with two attached hydrogens (primary N) is 1. The number of thiophene rings is 2. The molecule has 0 aliphatic carbocycles. The third-order valence-corrected chi connectivity index (χ3v) is 5.66. The van der Waals surface area contributed by atoms with Crippen molar-refractivity contribution in [2.75, 3.05) is 12.3 Å². The third-order valence-electron chi connectivity index (χ3n) is 3.04. The molecule has 2 rings (SSSR count). The summed E-state index contributed by atoms with van der Waals surface area (Å²) in [6.45, 7) is 8.30. The van der Waals surface area contributed by atoms with Crippen molar-refractivity contribution in [3.05, 3.63) is 26.9 Å². The van der Waals surface area contributed by atoms with Crippen molar-refractivity contribution in [3.8, 4) is 9.75 Å². The lowest BCUT2D eigenvalue weighted by molar-refractivity contribution is 0.0533. The molecule has 2 aromatic rings. The summed E-state index contributed by atoms with van der Waals surface area (Å²) in [5.41, 5.74) is 8.81. The van der Waals surface area contributed by atoms with Gasteiger partial charge in [0.25, 0.3) is 0 Å². The van der Waals surface area contributed by atoms with E-state index in [1.165, 1.54) is 26.7 Å². The van der Waals surface area contributed by atoms with Gasteiger partial charge in [0.1, 0.15) is 4.88 Å². The highest BCUT2D eigenvalue weighted by molar-refractivity contribution is 7.23. The number of carbonyl (C=O) groups excluding carboxylic acids is 1. The molecule has 0 atom stereocenters. The van der Waals surface area contributed by atoms with Gasteiger partial charge in [0.15, 0.2) is 0 Å². The summed E-state index contributed by atoms with van der Waals surface area (Å²) in [5, 5.41) is 0. The number of anilines is 1. The summed E-state index contributed by atoms with van der Waals surface area (Å²) in [4.78, 5) is 15.9. The average molecular weight is 295 g/mol. The molecule has 102 valence electrons. The quantitative estimate of drug-likeness (QED) is 0.865. The molecule has 5 heteroatoms. The molecule has 0 spiro atoms. The predicted octanol–water partition coefficient (Wildman–Crippen LogP) is 4.16. The zero-order chi connectivity index (χ0) is 14.2. The first-order valence-corrected chi connectivity index (χ1v) is 7.72. The number of esters is 1. The highest BCUT2D eigenvalue weighted by Crippen LogP contribution is 2.42. The van der Waals surface area contributed by atoms with Crippen molar-refractivity contribution in [3.63, 3.8) is 0 Å². The molecular weight excluding hydrogens is 278 g/mol. The zero-order valence-corrected chi connectivity index (χ0v) is 13.1. The third kappa shape index (κ3) is 2.53. The minimum Gasteiger partial charge on any atom is -0.462 e. The van der Waals surface area contributed by atoms with Crippen LogP contribution in [0.1, 0.15) is 32.6 Å². The van der Waals surface area contributed by atoms with Crippen molar-refractivity contribution in [2.24, 2.45) is 0 Å².